The van der Waals surface area contributed by atoms with Crippen molar-refractivity contribution in [3.05, 3.63) is 83.9 Å². The van der Waals surface area contributed by atoms with Crippen molar-refractivity contribution in [2.75, 3.05) is 27.8 Å². The fourth-order valence-electron chi connectivity index (χ4n) is 3.91. The summed E-state index contributed by atoms with van der Waals surface area (Å²) in [5, 5.41) is 5.59. The SMILES string of the molecule is CCOc1ccc(N(C(C)C(=O)Nc2cccc(NC(=O)c3ccc(C(C)(C)C)cc3)c2)S(C)(=O)=O)cc1. The molecule has 8 nitrogen and oxygen atoms in total. The molecule has 202 valence electrons. The summed E-state index contributed by atoms with van der Waals surface area (Å²) in [7, 11) is -3.77. The third-order valence-corrected chi connectivity index (χ3v) is 7.13. The third-order valence-electron chi connectivity index (χ3n) is 5.89. The second-order valence-corrected chi connectivity index (χ2v) is 11.9. The molecule has 1 unspecified atom stereocenters. The summed E-state index contributed by atoms with van der Waals surface area (Å²) in [6.45, 7) is 10.2. The van der Waals surface area contributed by atoms with Crippen molar-refractivity contribution in [1.29, 1.82) is 0 Å². The minimum Gasteiger partial charge on any atom is -0.494 e. The fraction of sp³-hybridized carbons (Fsp3) is 0.310. The molecule has 0 aliphatic rings. The van der Waals surface area contributed by atoms with E-state index in [4.69, 9.17) is 4.74 Å². The predicted octanol–water partition coefficient (Wildman–Crippen LogP) is 5.43. The summed E-state index contributed by atoms with van der Waals surface area (Å²) in [5.74, 6) is -0.197. The average Bonchev–Trinajstić information content (AvgIpc) is 2.84. The minimum absolute atomic E-state index is 0.0156. The van der Waals surface area contributed by atoms with Crippen LogP contribution in [0.2, 0.25) is 0 Å². The molecule has 1 atom stereocenters. The van der Waals surface area contributed by atoms with Gasteiger partial charge in [0.15, 0.2) is 0 Å². The molecule has 0 radical (unpaired) electrons. The Kier molecular flexibility index (Phi) is 8.83. The smallest absolute Gasteiger partial charge is 0.255 e. The van der Waals surface area contributed by atoms with E-state index in [1.807, 2.05) is 19.1 Å². The van der Waals surface area contributed by atoms with E-state index < -0.39 is 22.0 Å². The summed E-state index contributed by atoms with van der Waals surface area (Å²) in [4.78, 5) is 25.8. The van der Waals surface area contributed by atoms with E-state index in [2.05, 4.69) is 31.4 Å². The average molecular weight is 538 g/mol. The Morgan fingerprint density at radius 1 is 0.921 bits per heavy atom. The van der Waals surface area contributed by atoms with Crippen LogP contribution in [-0.4, -0.2) is 39.1 Å². The summed E-state index contributed by atoms with van der Waals surface area (Å²) in [5.41, 5.74) is 2.88. The molecule has 0 spiro atoms. The Morgan fingerprint density at radius 3 is 2.03 bits per heavy atom. The van der Waals surface area contributed by atoms with Gasteiger partial charge in [-0.15, -0.1) is 0 Å². The van der Waals surface area contributed by atoms with E-state index in [-0.39, 0.29) is 11.3 Å². The van der Waals surface area contributed by atoms with Gasteiger partial charge in [-0.2, -0.15) is 0 Å². The maximum Gasteiger partial charge on any atom is 0.255 e. The first-order valence-electron chi connectivity index (χ1n) is 12.3. The number of rotatable bonds is 9. The number of hydrogen-bond acceptors (Lipinski definition) is 5. The highest BCUT2D eigenvalue weighted by molar-refractivity contribution is 7.92. The lowest BCUT2D eigenvalue weighted by molar-refractivity contribution is -0.116. The first-order chi connectivity index (χ1) is 17.8. The zero-order valence-electron chi connectivity index (χ0n) is 22.6. The van der Waals surface area contributed by atoms with Crippen LogP contribution >= 0.6 is 0 Å². The second-order valence-electron chi connectivity index (χ2n) is 10.0. The van der Waals surface area contributed by atoms with Crippen molar-refractivity contribution >= 4 is 38.9 Å². The standard InChI is InChI=1S/C29H35N3O5S/c1-7-37-26-17-15-25(16-18-26)32(38(6,35)36)20(2)27(33)30-23-9-8-10-24(19-23)31-28(34)21-11-13-22(14-12-21)29(3,4)5/h8-20H,7H2,1-6H3,(H,30,33)(H,31,34). The number of anilines is 3. The first-order valence-corrected chi connectivity index (χ1v) is 14.2. The van der Waals surface area contributed by atoms with Crippen LogP contribution in [0.3, 0.4) is 0 Å². The highest BCUT2D eigenvalue weighted by atomic mass is 32.2. The van der Waals surface area contributed by atoms with E-state index in [1.165, 1.54) is 6.92 Å². The lowest BCUT2D eigenvalue weighted by Crippen LogP contribution is -2.45. The third kappa shape index (κ3) is 7.35. The van der Waals surface area contributed by atoms with Gasteiger partial charge in [-0.3, -0.25) is 13.9 Å². The fourth-order valence-corrected chi connectivity index (χ4v) is 5.09. The Labute approximate surface area is 225 Å². The van der Waals surface area contributed by atoms with E-state index in [9.17, 15) is 18.0 Å². The van der Waals surface area contributed by atoms with Crippen molar-refractivity contribution in [1.82, 2.24) is 0 Å². The second kappa shape index (κ2) is 11.7. The number of hydrogen-bond donors (Lipinski definition) is 2. The molecule has 3 aromatic rings. The van der Waals surface area contributed by atoms with Crippen LogP contribution in [0.15, 0.2) is 72.8 Å². The number of carbonyl (C=O) groups is 2. The molecule has 2 amide bonds. The van der Waals surface area contributed by atoms with Crippen molar-refractivity contribution in [3.63, 3.8) is 0 Å². The number of nitrogens with one attached hydrogen (secondary N) is 2. The summed E-state index contributed by atoms with van der Waals surface area (Å²) >= 11 is 0. The number of benzene rings is 3. The van der Waals surface area contributed by atoms with Gasteiger partial charge >= 0.3 is 0 Å². The minimum atomic E-state index is -3.77. The highest BCUT2D eigenvalue weighted by Gasteiger charge is 2.29. The van der Waals surface area contributed by atoms with Gasteiger partial charge in [0.05, 0.1) is 18.6 Å². The van der Waals surface area contributed by atoms with Gasteiger partial charge in [0, 0.05) is 16.9 Å². The summed E-state index contributed by atoms with van der Waals surface area (Å²) < 4.78 is 31.7. The topological polar surface area (TPSA) is 105 Å². The maximum atomic E-state index is 13.1. The molecule has 3 aromatic carbocycles. The molecule has 0 bridgehead atoms. The zero-order chi connectivity index (χ0) is 28.1. The quantitative estimate of drug-likeness (QED) is 0.379. The molecule has 3 rings (SSSR count). The molecule has 0 fully saturated rings. The monoisotopic (exact) mass is 537 g/mol. The molecule has 38 heavy (non-hydrogen) atoms. The van der Waals surface area contributed by atoms with Crippen molar-refractivity contribution in [2.24, 2.45) is 0 Å². The van der Waals surface area contributed by atoms with Gasteiger partial charge in [-0.05, 0) is 79.4 Å². The number of carbonyl (C=O) groups excluding carboxylic acids is 2. The number of nitrogens with zero attached hydrogens (tertiary/aromatic N) is 1. The molecule has 0 aliphatic heterocycles. The molecule has 2 N–H and O–H groups in total. The number of amides is 2. The van der Waals surface area contributed by atoms with E-state index in [0.717, 1.165) is 16.1 Å². The van der Waals surface area contributed by atoms with E-state index in [0.29, 0.717) is 35.0 Å². The molecular weight excluding hydrogens is 502 g/mol. The Morgan fingerprint density at radius 2 is 1.50 bits per heavy atom. The Balaban J connectivity index is 1.73. The zero-order valence-corrected chi connectivity index (χ0v) is 23.4. The Hall–Kier alpha value is -3.85. The van der Waals surface area contributed by atoms with Crippen LogP contribution in [0.4, 0.5) is 17.1 Å². The van der Waals surface area contributed by atoms with Gasteiger partial charge < -0.3 is 15.4 Å². The van der Waals surface area contributed by atoms with Crippen LogP contribution in [0, 0.1) is 0 Å². The van der Waals surface area contributed by atoms with Gasteiger partial charge in [-0.1, -0.05) is 39.0 Å². The van der Waals surface area contributed by atoms with Crippen molar-refractivity contribution in [3.8, 4) is 5.75 Å². The van der Waals surface area contributed by atoms with Crippen LogP contribution in [0.1, 0.15) is 50.5 Å². The van der Waals surface area contributed by atoms with Crippen molar-refractivity contribution < 1.29 is 22.7 Å². The van der Waals surface area contributed by atoms with Gasteiger partial charge in [0.1, 0.15) is 11.8 Å². The number of ether oxygens (including phenoxy) is 1. The van der Waals surface area contributed by atoms with Crippen molar-refractivity contribution in [2.45, 2.75) is 46.1 Å². The first kappa shape index (κ1) is 28.7. The van der Waals surface area contributed by atoms with Crippen LogP contribution in [0.5, 0.6) is 5.75 Å². The van der Waals surface area contributed by atoms with E-state index in [1.54, 1.807) is 60.7 Å². The molecular formula is C29H35N3O5S. The lowest BCUT2D eigenvalue weighted by Gasteiger charge is -2.28. The lowest BCUT2D eigenvalue weighted by atomic mass is 9.87. The predicted molar refractivity (Wildman–Crippen MR) is 153 cm³/mol. The molecule has 0 saturated carbocycles. The molecule has 0 heterocycles. The largest absolute Gasteiger partial charge is 0.494 e. The molecule has 0 aromatic heterocycles. The molecule has 0 saturated heterocycles. The van der Waals surface area contributed by atoms with Crippen LogP contribution < -0.4 is 19.7 Å². The highest BCUT2D eigenvalue weighted by Crippen LogP contribution is 2.26. The maximum absolute atomic E-state index is 13.1. The van der Waals surface area contributed by atoms with Gasteiger partial charge in [0.25, 0.3) is 5.91 Å². The Bertz CT molecular complexity index is 1380. The molecule has 0 aliphatic carbocycles. The van der Waals surface area contributed by atoms with Gasteiger partial charge in [-0.25, -0.2) is 8.42 Å². The summed E-state index contributed by atoms with van der Waals surface area (Å²) in [6, 6.07) is 19.6. The van der Waals surface area contributed by atoms with E-state index >= 15 is 0 Å². The van der Waals surface area contributed by atoms with Gasteiger partial charge in [0.2, 0.25) is 15.9 Å². The summed E-state index contributed by atoms with van der Waals surface area (Å²) in [6.07, 6.45) is 1.05. The molecule has 9 heteroatoms. The van der Waals surface area contributed by atoms with Crippen LogP contribution in [-0.2, 0) is 20.2 Å². The normalized spacial score (nSPS) is 12.4. The van der Waals surface area contributed by atoms with Crippen LogP contribution in [0.25, 0.3) is 0 Å². The number of sulfonamides is 1.